The fourth-order valence-corrected chi connectivity index (χ4v) is 2.99. The first-order valence-corrected chi connectivity index (χ1v) is 9.54. The maximum absolute atomic E-state index is 12.2. The fraction of sp³-hybridized carbons (Fsp3) is 0.100. The van der Waals surface area contributed by atoms with E-state index < -0.39 is 11.8 Å². The van der Waals surface area contributed by atoms with Crippen molar-refractivity contribution in [2.75, 3.05) is 11.9 Å². The van der Waals surface area contributed by atoms with Crippen LogP contribution >= 0.6 is 34.8 Å². The van der Waals surface area contributed by atoms with Crippen molar-refractivity contribution in [1.29, 1.82) is 0 Å². The van der Waals surface area contributed by atoms with E-state index >= 15 is 0 Å². The molecular formula is C20H15Cl3N2O4. The SMILES string of the molecule is O=C(CNC(=O)c1ccc(COc2ccc(Cl)cc2Cl)o1)Nc1cccc(Cl)c1. The highest BCUT2D eigenvalue weighted by Crippen LogP contribution is 2.28. The van der Waals surface area contributed by atoms with Crippen LogP contribution in [0.5, 0.6) is 5.75 Å². The lowest BCUT2D eigenvalue weighted by Crippen LogP contribution is -2.32. The summed E-state index contributed by atoms with van der Waals surface area (Å²) >= 11 is 17.7. The number of halogens is 3. The van der Waals surface area contributed by atoms with Gasteiger partial charge >= 0.3 is 0 Å². The number of ether oxygens (including phenoxy) is 1. The van der Waals surface area contributed by atoms with Crippen molar-refractivity contribution in [1.82, 2.24) is 5.32 Å². The summed E-state index contributed by atoms with van der Waals surface area (Å²) in [7, 11) is 0. The minimum absolute atomic E-state index is 0.0568. The Bertz CT molecular complexity index is 1040. The predicted molar refractivity (Wildman–Crippen MR) is 112 cm³/mol. The number of amides is 2. The third kappa shape index (κ3) is 6.15. The second-order valence-electron chi connectivity index (χ2n) is 5.87. The van der Waals surface area contributed by atoms with E-state index in [9.17, 15) is 9.59 Å². The number of carbonyl (C=O) groups is 2. The number of hydrogen-bond donors (Lipinski definition) is 2. The first-order valence-electron chi connectivity index (χ1n) is 8.41. The second kappa shape index (κ2) is 9.69. The smallest absolute Gasteiger partial charge is 0.287 e. The van der Waals surface area contributed by atoms with Crippen LogP contribution in [0.3, 0.4) is 0 Å². The molecule has 0 bridgehead atoms. The summed E-state index contributed by atoms with van der Waals surface area (Å²) in [6, 6.07) is 14.6. The minimum atomic E-state index is -0.526. The Morgan fingerprint density at radius 3 is 2.52 bits per heavy atom. The van der Waals surface area contributed by atoms with E-state index in [-0.39, 0.29) is 18.9 Å². The molecule has 2 amide bonds. The second-order valence-corrected chi connectivity index (χ2v) is 7.15. The molecule has 29 heavy (non-hydrogen) atoms. The summed E-state index contributed by atoms with van der Waals surface area (Å²) in [6.07, 6.45) is 0. The van der Waals surface area contributed by atoms with Crippen LogP contribution in [-0.2, 0) is 11.4 Å². The minimum Gasteiger partial charge on any atom is -0.484 e. The van der Waals surface area contributed by atoms with E-state index in [2.05, 4.69) is 10.6 Å². The summed E-state index contributed by atoms with van der Waals surface area (Å²) in [5.41, 5.74) is 0.537. The molecule has 0 unspecified atom stereocenters. The van der Waals surface area contributed by atoms with Gasteiger partial charge < -0.3 is 19.8 Å². The Morgan fingerprint density at radius 1 is 0.966 bits per heavy atom. The highest BCUT2D eigenvalue weighted by atomic mass is 35.5. The van der Waals surface area contributed by atoms with Crippen molar-refractivity contribution in [2.45, 2.75) is 6.61 Å². The van der Waals surface area contributed by atoms with E-state index in [1.807, 2.05) is 0 Å². The Morgan fingerprint density at radius 2 is 1.76 bits per heavy atom. The van der Waals surface area contributed by atoms with Crippen molar-refractivity contribution in [2.24, 2.45) is 0 Å². The number of rotatable bonds is 7. The van der Waals surface area contributed by atoms with Crippen molar-refractivity contribution in [3.63, 3.8) is 0 Å². The van der Waals surface area contributed by atoms with Gasteiger partial charge in [-0.15, -0.1) is 0 Å². The van der Waals surface area contributed by atoms with Gasteiger partial charge in [0.1, 0.15) is 18.1 Å². The van der Waals surface area contributed by atoms with Gasteiger partial charge in [0.05, 0.1) is 11.6 Å². The molecule has 0 aliphatic rings. The number of benzene rings is 2. The Balaban J connectivity index is 1.49. The lowest BCUT2D eigenvalue weighted by molar-refractivity contribution is -0.115. The van der Waals surface area contributed by atoms with Gasteiger partial charge in [-0.3, -0.25) is 9.59 Å². The van der Waals surface area contributed by atoms with Crippen LogP contribution in [0.2, 0.25) is 15.1 Å². The zero-order chi connectivity index (χ0) is 20.8. The molecule has 2 N–H and O–H groups in total. The number of carbonyl (C=O) groups excluding carboxylic acids is 2. The van der Waals surface area contributed by atoms with Gasteiger partial charge in [-0.1, -0.05) is 40.9 Å². The molecule has 0 spiro atoms. The van der Waals surface area contributed by atoms with Crippen LogP contribution in [0, 0.1) is 0 Å². The van der Waals surface area contributed by atoms with Crippen molar-refractivity contribution < 1.29 is 18.7 Å². The highest BCUT2D eigenvalue weighted by molar-refractivity contribution is 6.35. The molecule has 6 nitrogen and oxygen atoms in total. The first-order chi connectivity index (χ1) is 13.9. The zero-order valence-corrected chi connectivity index (χ0v) is 17.1. The molecule has 0 fully saturated rings. The van der Waals surface area contributed by atoms with Gasteiger partial charge in [0.25, 0.3) is 5.91 Å². The zero-order valence-electron chi connectivity index (χ0n) is 14.9. The molecule has 2 aromatic carbocycles. The van der Waals surface area contributed by atoms with Crippen LogP contribution in [0.15, 0.2) is 59.0 Å². The van der Waals surface area contributed by atoms with E-state index in [0.717, 1.165) is 0 Å². The van der Waals surface area contributed by atoms with E-state index in [1.165, 1.54) is 6.07 Å². The van der Waals surface area contributed by atoms with E-state index in [0.29, 0.717) is 32.3 Å². The lowest BCUT2D eigenvalue weighted by Gasteiger charge is -2.07. The molecular weight excluding hydrogens is 439 g/mol. The molecule has 0 aliphatic heterocycles. The Labute approximate surface area is 181 Å². The number of furan rings is 1. The van der Waals surface area contributed by atoms with E-state index in [1.54, 1.807) is 48.5 Å². The standard InChI is InChI=1S/C20H15Cl3N2O4/c21-12-2-1-3-14(8-12)25-19(26)10-24-20(27)18-7-5-15(29-18)11-28-17-6-4-13(22)9-16(17)23/h1-9H,10-11H2,(H,24,27)(H,25,26). The van der Waals surface area contributed by atoms with Gasteiger partial charge in [-0.05, 0) is 48.5 Å². The Kier molecular flexibility index (Phi) is 7.04. The first kappa shape index (κ1) is 21.0. The molecule has 0 radical (unpaired) electrons. The molecule has 1 heterocycles. The molecule has 0 saturated heterocycles. The van der Waals surface area contributed by atoms with Gasteiger partial charge in [0.15, 0.2) is 5.76 Å². The molecule has 3 rings (SSSR count). The van der Waals surface area contributed by atoms with Crippen LogP contribution < -0.4 is 15.4 Å². The fourth-order valence-electron chi connectivity index (χ4n) is 2.34. The molecule has 150 valence electrons. The molecule has 3 aromatic rings. The number of anilines is 1. The third-order valence-corrected chi connectivity index (χ3v) is 4.43. The third-order valence-electron chi connectivity index (χ3n) is 3.67. The average Bonchev–Trinajstić information content (AvgIpc) is 3.14. The maximum Gasteiger partial charge on any atom is 0.287 e. The van der Waals surface area contributed by atoms with Crippen molar-refractivity contribution in [3.05, 3.63) is 81.2 Å². The summed E-state index contributed by atoms with van der Waals surface area (Å²) in [5, 5.41) is 6.48. The van der Waals surface area contributed by atoms with Crippen LogP contribution in [-0.4, -0.2) is 18.4 Å². The van der Waals surface area contributed by atoms with Crippen LogP contribution in [0.4, 0.5) is 5.69 Å². The number of nitrogens with one attached hydrogen (secondary N) is 2. The largest absolute Gasteiger partial charge is 0.484 e. The summed E-state index contributed by atoms with van der Waals surface area (Å²) in [6.45, 7) is -0.151. The van der Waals surface area contributed by atoms with E-state index in [4.69, 9.17) is 44.0 Å². The molecule has 1 aromatic heterocycles. The normalized spacial score (nSPS) is 10.4. The highest BCUT2D eigenvalue weighted by Gasteiger charge is 2.13. The molecule has 9 heteroatoms. The quantitative estimate of drug-likeness (QED) is 0.516. The predicted octanol–water partition coefficient (Wildman–Crippen LogP) is 5.19. The van der Waals surface area contributed by atoms with Crippen molar-refractivity contribution in [3.8, 4) is 5.75 Å². The van der Waals surface area contributed by atoms with Gasteiger partial charge in [-0.2, -0.15) is 0 Å². The topological polar surface area (TPSA) is 80.6 Å². The van der Waals surface area contributed by atoms with Crippen LogP contribution in [0.1, 0.15) is 16.3 Å². The summed E-state index contributed by atoms with van der Waals surface area (Å²) in [4.78, 5) is 24.1. The van der Waals surface area contributed by atoms with Crippen molar-refractivity contribution >= 4 is 52.3 Å². The van der Waals surface area contributed by atoms with Gasteiger partial charge in [-0.25, -0.2) is 0 Å². The van der Waals surface area contributed by atoms with Gasteiger partial charge in [0.2, 0.25) is 5.91 Å². The Hall–Kier alpha value is -2.67. The summed E-state index contributed by atoms with van der Waals surface area (Å²) < 4.78 is 11.0. The summed E-state index contributed by atoms with van der Waals surface area (Å²) in [5.74, 6) is -0.00260. The maximum atomic E-state index is 12.2. The average molecular weight is 454 g/mol. The lowest BCUT2D eigenvalue weighted by atomic mass is 10.3. The molecule has 0 aliphatic carbocycles. The van der Waals surface area contributed by atoms with Gasteiger partial charge in [0, 0.05) is 15.7 Å². The monoisotopic (exact) mass is 452 g/mol. The molecule has 0 saturated carbocycles. The number of hydrogen-bond acceptors (Lipinski definition) is 4. The van der Waals surface area contributed by atoms with Crippen LogP contribution in [0.25, 0.3) is 0 Å². The molecule has 0 atom stereocenters.